The Kier molecular flexibility index (Phi) is 4.43. The van der Waals surface area contributed by atoms with E-state index in [1.54, 1.807) is 0 Å². The second kappa shape index (κ2) is 6.27. The van der Waals surface area contributed by atoms with Gasteiger partial charge in [-0.15, -0.1) is 0 Å². The Balaban J connectivity index is 2.14. The molecule has 0 saturated heterocycles. The van der Waals surface area contributed by atoms with E-state index in [9.17, 15) is 4.79 Å². The Hall–Kier alpha value is -2.55. The number of hydrogen-bond donors (Lipinski definition) is 2. The van der Waals surface area contributed by atoms with Crippen LogP contribution in [0.5, 0.6) is 0 Å². The molecule has 0 aliphatic carbocycles. The maximum Gasteiger partial charge on any atom is 0.221 e. The van der Waals surface area contributed by atoms with Crippen LogP contribution in [0.4, 0.5) is 11.4 Å². The highest BCUT2D eigenvalue weighted by Gasteiger charge is 2.04. The number of carbonyl (C=O) groups is 1. The molecule has 2 rings (SSSR count). The third-order valence-corrected chi connectivity index (χ3v) is 3.23. The van der Waals surface area contributed by atoms with Gasteiger partial charge in [-0.1, -0.05) is 36.4 Å². The SMILES string of the molecule is C=C(Nc1ccc(NC(C)=O)cc1C)c1ccc(C)cc1. The zero-order valence-corrected chi connectivity index (χ0v) is 12.7. The molecule has 0 aliphatic rings. The number of anilines is 2. The van der Waals surface area contributed by atoms with Crippen LogP contribution in [-0.2, 0) is 4.79 Å². The molecule has 0 atom stereocenters. The van der Waals surface area contributed by atoms with Crippen LogP contribution < -0.4 is 10.6 Å². The minimum Gasteiger partial charge on any atom is -0.355 e. The molecule has 2 aromatic rings. The maximum atomic E-state index is 11.1. The van der Waals surface area contributed by atoms with E-state index in [2.05, 4.69) is 36.3 Å². The Bertz CT molecular complexity index is 672. The van der Waals surface area contributed by atoms with Gasteiger partial charge in [0.05, 0.1) is 0 Å². The van der Waals surface area contributed by atoms with Crippen molar-refractivity contribution in [2.75, 3.05) is 10.6 Å². The average Bonchev–Trinajstić information content (AvgIpc) is 2.42. The first-order valence-corrected chi connectivity index (χ1v) is 6.87. The van der Waals surface area contributed by atoms with Crippen molar-refractivity contribution in [1.82, 2.24) is 0 Å². The van der Waals surface area contributed by atoms with E-state index in [0.717, 1.165) is 28.2 Å². The van der Waals surface area contributed by atoms with Gasteiger partial charge in [0, 0.05) is 24.0 Å². The summed E-state index contributed by atoms with van der Waals surface area (Å²) in [4.78, 5) is 11.1. The molecule has 0 heterocycles. The fourth-order valence-electron chi connectivity index (χ4n) is 2.07. The van der Waals surface area contributed by atoms with E-state index < -0.39 is 0 Å². The molecule has 0 fully saturated rings. The first-order valence-electron chi connectivity index (χ1n) is 6.87. The number of carbonyl (C=O) groups excluding carboxylic acids is 1. The third-order valence-electron chi connectivity index (χ3n) is 3.23. The molecule has 21 heavy (non-hydrogen) atoms. The van der Waals surface area contributed by atoms with Crippen LogP contribution in [0.2, 0.25) is 0 Å². The fraction of sp³-hybridized carbons (Fsp3) is 0.167. The van der Waals surface area contributed by atoms with Gasteiger partial charge in [-0.2, -0.15) is 0 Å². The van der Waals surface area contributed by atoms with Crippen molar-refractivity contribution in [1.29, 1.82) is 0 Å². The van der Waals surface area contributed by atoms with Gasteiger partial charge in [-0.25, -0.2) is 0 Å². The van der Waals surface area contributed by atoms with Gasteiger partial charge in [-0.3, -0.25) is 4.79 Å². The molecule has 0 unspecified atom stereocenters. The van der Waals surface area contributed by atoms with E-state index in [4.69, 9.17) is 0 Å². The lowest BCUT2D eigenvalue weighted by Gasteiger charge is -2.14. The highest BCUT2D eigenvalue weighted by Crippen LogP contribution is 2.23. The third kappa shape index (κ3) is 3.96. The molecular formula is C18H20N2O. The van der Waals surface area contributed by atoms with E-state index in [1.807, 2.05) is 37.3 Å². The van der Waals surface area contributed by atoms with E-state index in [1.165, 1.54) is 12.5 Å². The number of benzene rings is 2. The van der Waals surface area contributed by atoms with Crippen LogP contribution >= 0.6 is 0 Å². The zero-order chi connectivity index (χ0) is 15.4. The second-order valence-corrected chi connectivity index (χ2v) is 5.18. The molecule has 0 spiro atoms. The van der Waals surface area contributed by atoms with Crippen molar-refractivity contribution in [3.63, 3.8) is 0 Å². The summed E-state index contributed by atoms with van der Waals surface area (Å²) in [6.45, 7) is 9.64. The largest absolute Gasteiger partial charge is 0.355 e. The first-order chi connectivity index (χ1) is 9.95. The van der Waals surface area contributed by atoms with Crippen LogP contribution in [0.1, 0.15) is 23.6 Å². The number of nitrogens with one attached hydrogen (secondary N) is 2. The lowest BCUT2D eigenvalue weighted by Crippen LogP contribution is -2.06. The monoisotopic (exact) mass is 280 g/mol. The van der Waals surface area contributed by atoms with Crippen molar-refractivity contribution < 1.29 is 4.79 Å². The Morgan fingerprint density at radius 2 is 1.67 bits per heavy atom. The molecule has 3 heteroatoms. The highest BCUT2D eigenvalue weighted by molar-refractivity contribution is 5.89. The van der Waals surface area contributed by atoms with Crippen molar-refractivity contribution in [2.24, 2.45) is 0 Å². The average molecular weight is 280 g/mol. The zero-order valence-electron chi connectivity index (χ0n) is 12.7. The smallest absolute Gasteiger partial charge is 0.221 e. The normalized spacial score (nSPS) is 10.0. The van der Waals surface area contributed by atoms with Gasteiger partial charge in [0.2, 0.25) is 5.91 Å². The molecule has 2 aromatic carbocycles. The molecule has 0 saturated carbocycles. The minimum atomic E-state index is -0.0702. The molecule has 0 aliphatic heterocycles. The van der Waals surface area contributed by atoms with Gasteiger partial charge in [0.25, 0.3) is 0 Å². The molecule has 1 amide bonds. The Morgan fingerprint density at radius 3 is 2.24 bits per heavy atom. The molecule has 2 N–H and O–H groups in total. The summed E-state index contributed by atoms with van der Waals surface area (Å²) in [7, 11) is 0. The minimum absolute atomic E-state index is 0.0702. The van der Waals surface area contributed by atoms with Crippen LogP contribution in [-0.4, -0.2) is 5.91 Å². The molecule has 0 aromatic heterocycles. The van der Waals surface area contributed by atoms with Crippen molar-refractivity contribution in [2.45, 2.75) is 20.8 Å². The van der Waals surface area contributed by atoms with Crippen LogP contribution in [0, 0.1) is 13.8 Å². The molecule has 108 valence electrons. The first kappa shape index (κ1) is 14.9. The summed E-state index contributed by atoms with van der Waals surface area (Å²) < 4.78 is 0. The van der Waals surface area contributed by atoms with Crippen LogP contribution in [0.3, 0.4) is 0 Å². The fourth-order valence-corrected chi connectivity index (χ4v) is 2.07. The Labute approximate surface area is 125 Å². The summed E-state index contributed by atoms with van der Waals surface area (Å²) in [6.07, 6.45) is 0. The maximum absolute atomic E-state index is 11.1. The van der Waals surface area contributed by atoms with Gasteiger partial charge in [0.15, 0.2) is 0 Å². The predicted molar refractivity (Wildman–Crippen MR) is 89.3 cm³/mol. The van der Waals surface area contributed by atoms with E-state index in [0.29, 0.717) is 0 Å². The highest BCUT2D eigenvalue weighted by atomic mass is 16.1. The standard InChI is InChI=1S/C18H20N2O/c1-12-5-7-16(8-6-12)14(3)19-18-10-9-17(11-13(18)2)20-15(4)21/h5-11,19H,3H2,1-2,4H3,(H,20,21). The molecule has 0 radical (unpaired) electrons. The van der Waals surface area contributed by atoms with Gasteiger partial charge < -0.3 is 10.6 Å². The summed E-state index contributed by atoms with van der Waals surface area (Å²) in [5, 5.41) is 6.09. The second-order valence-electron chi connectivity index (χ2n) is 5.18. The number of rotatable bonds is 4. The van der Waals surface area contributed by atoms with Crippen molar-refractivity contribution >= 4 is 23.0 Å². The topological polar surface area (TPSA) is 41.1 Å². The van der Waals surface area contributed by atoms with Crippen LogP contribution in [0.25, 0.3) is 5.70 Å². The lowest BCUT2D eigenvalue weighted by atomic mass is 10.1. The summed E-state index contributed by atoms with van der Waals surface area (Å²) >= 11 is 0. The summed E-state index contributed by atoms with van der Waals surface area (Å²) in [6, 6.07) is 14.0. The van der Waals surface area contributed by atoms with Crippen molar-refractivity contribution in [3.8, 4) is 0 Å². The molecule has 0 bridgehead atoms. The number of hydrogen-bond acceptors (Lipinski definition) is 2. The predicted octanol–water partition coefficient (Wildman–Crippen LogP) is 4.34. The summed E-state index contributed by atoms with van der Waals surface area (Å²) in [5.41, 5.74) is 5.97. The molecule has 3 nitrogen and oxygen atoms in total. The van der Waals surface area contributed by atoms with Gasteiger partial charge >= 0.3 is 0 Å². The quantitative estimate of drug-likeness (QED) is 0.874. The van der Waals surface area contributed by atoms with E-state index in [-0.39, 0.29) is 5.91 Å². The van der Waals surface area contributed by atoms with Crippen molar-refractivity contribution in [3.05, 3.63) is 65.7 Å². The Morgan fingerprint density at radius 1 is 1.00 bits per heavy atom. The van der Waals surface area contributed by atoms with E-state index >= 15 is 0 Å². The number of amides is 1. The number of aryl methyl sites for hydroxylation is 2. The molecular weight excluding hydrogens is 260 g/mol. The summed E-state index contributed by atoms with van der Waals surface area (Å²) in [5.74, 6) is -0.0702. The lowest BCUT2D eigenvalue weighted by molar-refractivity contribution is -0.114. The van der Waals surface area contributed by atoms with Gasteiger partial charge in [0.1, 0.15) is 0 Å². The van der Waals surface area contributed by atoms with Gasteiger partial charge in [-0.05, 0) is 43.2 Å². The van der Waals surface area contributed by atoms with Crippen LogP contribution in [0.15, 0.2) is 49.0 Å².